The fourth-order valence-electron chi connectivity index (χ4n) is 4.05. The molecule has 142 valence electrons. The first kappa shape index (κ1) is 17.6. The highest BCUT2D eigenvalue weighted by atomic mass is 16.5. The maximum absolute atomic E-state index is 13.1. The number of benzene rings is 1. The SMILES string of the molecule is COc1ccc([C@H]2C3=C(CC(C)(C)CC3=O)Nc3nc(C)nn32)cc1OC. The number of allylic oxidation sites excluding steroid dienone is 2. The van der Waals surface area contributed by atoms with E-state index in [1.165, 1.54) is 0 Å². The third-order valence-electron chi connectivity index (χ3n) is 5.16. The van der Waals surface area contributed by atoms with Gasteiger partial charge in [-0.05, 0) is 36.5 Å². The van der Waals surface area contributed by atoms with Crippen molar-refractivity contribution in [3.8, 4) is 11.5 Å². The molecule has 1 aromatic heterocycles. The highest BCUT2D eigenvalue weighted by molar-refractivity contribution is 6.00. The minimum atomic E-state index is -0.333. The van der Waals surface area contributed by atoms with Crippen LogP contribution in [0.3, 0.4) is 0 Å². The van der Waals surface area contributed by atoms with Crippen molar-refractivity contribution in [2.24, 2.45) is 5.41 Å². The normalized spacial score (nSPS) is 20.6. The van der Waals surface area contributed by atoms with Crippen LogP contribution in [0.1, 0.15) is 44.1 Å². The molecule has 2 aliphatic rings. The standard InChI is InChI=1S/C20H24N4O3/c1-11-21-19-22-13-9-20(2,3)10-14(25)17(13)18(24(19)23-11)12-6-7-15(26-4)16(8-12)27-5/h6-8,18H,9-10H2,1-5H3,(H,21,22,23)/t18-/m0/s1. The second-order valence-corrected chi connectivity index (χ2v) is 7.90. The number of rotatable bonds is 3. The first-order chi connectivity index (χ1) is 12.8. The van der Waals surface area contributed by atoms with Gasteiger partial charge in [0.25, 0.3) is 0 Å². The molecule has 27 heavy (non-hydrogen) atoms. The first-order valence-electron chi connectivity index (χ1n) is 9.01. The monoisotopic (exact) mass is 368 g/mol. The van der Waals surface area contributed by atoms with Gasteiger partial charge in [-0.25, -0.2) is 4.68 Å². The Balaban J connectivity index is 1.91. The number of fused-ring (bicyclic) bond motifs is 1. The molecule has 4 rings (SSSR count). The Morgan fingerprint density at radius 3 is 2.63 bits per heavy atom. The Morgan fingerprint density at radius 1 is 1.19 bits per heavy atom. The third kappa shape index (κ3) is 2.87. The number of carbonyl (C=O) groups excluding carboxylic acids is 1. The van der Waals surface area contributed by atoms with Gasteiger partial charge in [0.2, 0.25) is 5.95 Å². The van der Waals surface area contributed by atoms with Crippen molar-refractivity contribution in [1.29, 1.82) is 0 Å². The molecule has 1 N–H and O–H groups in total. The van der Waals surface area contributed by atoms with Crippen molar-refractivity contribution in [1.82, 2.24) is 14.8 Å². The lowest BCUT2D eigenvalue weighted by atomic mass is 9.73. The Morgan fingerprint density at radius 2 is 1.93 bits per heavy atom. The van der Waals surface area contributed by atoms with Crippen LogP contribution in [0, 0.1) is 12.3 Å². The average molecular weight is 368 g/mol. The van der Waals surface area contributed by atoms with Crippen molar-refractivity contribution in [3.05, 3.63) is 40.9 Å². The lowest BCUT2D eigenvalue weighted by Crippen LogP contribution is -2.36. The van der Waals surface area contributed by atoms with Gasteiger partial charge in [-0.1, -0.05) is 19.9 Å². The third-order valence-corrected chi connectivity index (χ3v) is 5.16. The summed E-state index contributed by atoms with van der Waals surface area (Å²) in [6, 6.07) is 5.39. The number of hydrogen-bond donors (Lipinski definition) is 1. The number of aryl methyl sites for hydroxylation is 1. The molecule has 0 bridgehead atoms. The molecule has 0 spiro atoms. The summed E-state index contributed by atoms with van der Waals surface area (Å²) in [4.78, 5) is 17.6. The van der Waals surface area contributed by atoms with E-state index < -0.39 is 0 Å². The molecule has 1 aromatic carbocycles. The summed E-state index contributed by atoms with van der Waals surface area (Å²) < 4.78 is 12.6. The van der Waals surface area contributed by atoms with E-state index in [-0.39, 0.29) is 17.2 Å². The van der Waals surface area contributed by atoms with Gasteiger partial charge in [0.15, 0.2) is 17.3 Å². The highest BCUT2D eigenvalue weighted by Gasteiger charge is 2.41. The average Bonchev–Trinajstić information content (AvgIpc) is 2.97. The van der Waals surface area contributed by atoms with Crippen LogP contribution in [0.5, 0.6) is 11.5 Å². The van der Waals surface area contributed by atoms with E-state index in [0.717, 1.165) is 23.3 Å². The maximum atomic E-state index is 13.1. The summed E-state index contributed by atoms with van der Waals surface area (Å²) in [6.45, 7) is 6.09. The van der Waals surface area contributed by atoms with E-state index in [1.54, 1.807) is 18.9 Å². The molecule has 0 radical (unpaired) electrons. The molecular formula is C20H24N4O3. The van der Waals surface area contributed by atoms with Crippen molar-refractivity contribution >= 4 is 11.7 Å². The van der Waals surface area contributed by atoms with Crippen molar-refractivity contribution in [3.63, 3.8) is 0 Å². The van der Waals surface area contributed by atoms with E-state index in [9.17, 15) is 4.79 Å². The molecule has 1 aliphatic heterocycles. The molecule has 1 aliphatic carbocycles. The zero-order chi connectivity index (χ0) is 19.3. The maximum Gasteiger partial charge on any atom is 0.226 e. The molecule has 0 fully saturated rings. The molecule has 2 heterocycles. The topological polar surface area (TPSA) is 78.3 Å². The Labute approximate surface area is 158 Å². The number of nitrogens with one attached hydrogen (secondary N) is 1. The number of aromatic nitrogens is 3. The lowest BCUT2D eigenvalue weighted by Gasteiger charge is -2.38. The second kappa shape index (κ2) is 6.11. The van der Waals surface area contributed by atoms with Crippen LogP contribution in [0.15, 0.2) is 29.5 Å². The van der Waals surface area contributed by atoms with Gasteiger partial charge in [-0.3, -0.25) is 4.79 Å². The highest BCUT2D eigenvalue weighted by Crippen LogP contribution is 2.46. The van der Waals surface area contributed by atoms with E-state index >= 15 is 0 Å². The van der Waals surface area contributed by atoms with Gasteiger partial charge in [-0.15, -0.1) is 0 Å². The number of ether oxygens (including phenoxy) is 2. The minimum Gasteiger partial charge on any atom is -0.493 e. The molecule has 0 unspecified atom stereocenters. The van der Waals surface area contributed by atoms with Crippen LogP contribution >= 0.6 is 0 Å². The predicted octanol–water partition coefficient (Wildman–Crippen LogP) is 3.26. The summed E-state index contributed by atoms with van der Waals surface area (Å²) in [5, 5.41) is 7.90. The molecule has 1 atom stereocenters. The van der Waals surface area contributed by atoms with Crippen LogP contribution in [0.4, 0.5) is 5.95 Å². The number of nitrogens with zero attached hydrogens (tertiary/aromatic N) is 3. The van der Waals surface area contributed by atoms with Gasteiger partial charge >= 0.3 is 0 Å². The molecule has 7 heteroatoms. The molecular weight excluding hydrogens is 344 g/mol. The second-order valence-electron chi connectivity index (χ2n) is 7.90. The number of ketones is 1. The van der Waals surface area contributed by atoms with Gasteiger partial charge in [0.1, 0.15) is 11.9 Å². The van der Waals surface area contributed by atoms with Crippen molar-refractivity contribution in [2.45, 2.75) is 39.7 Å². The van der Waals surface area contributed by atoms with Crippen LogP contribution in [0.2, 0.25) is 0 Å². The molecule has 7 nitrogen and oxygen atoms in total. The van der Waals surface area contributed by atoms with E-state index in [1.807, 2.05) is 25.1 Å². The minimum absolute atomic E-state index is 0.0811. The first-order valence-corrected chi connectivity index (χ1v) is 9.01. The summed E-state index contributed by atoms with van der Waals surface area (Å²) >= 11 is 0. The van der Waals surface area contributed by atoms with Gasteiger partial charge in [0.05, 0.1) is 14.2 Å². The Hall–Kier alpha value is -2.83. The van der Waals surface area contributed by atoms with Crippen LogP contribution in [-0.4, -0.2) is 34.8 Å². The molecule has 0 amide bonds. The largest absolute Gasteiger partial charge is 0.493 e. The molecule has 2 aromatic rings. The fraction of sp³-hybridized carbons (Fsp3) is 0.450. The fourth-order valence-corrected chi connectivity index (χ4v) is 4.05. The van der Waals surface area contributed by atoms with E-state index in [4.69, 9.17) is 9.47 Å². The quantitative estimate of drug-likeness (QED) is 0.896. The molecule has 0 saturated carbocycles. The lowest BCUT2D eigenvalue weighted by molar-refractivity contribution is -0.118. The number of anilines is 1. The van der Waals surface area contributed by atoms with Gasteiger partial charge in [0, 0.05) is 17.7 Å². The van der Waals surface area contributed by atoms with Gasteiger partial charge in [-0.2, -0.15) is 10.1 Å². The predicted molar refractivity (Wildman–Crippen MR) is 101 cm³/mol. The summed E-state index contributed by atoms with van der Waals surface area (Å²) in [6.07, 6.45) is 1.31. The number of hydrogen-bond acceptors (Lipinski definition) is 6. The zero-order valence-corrected chi connectivity index (χ0v) is 16.3. The number of carbonyl (C=O) groups is 1. The van der Waals surface area contributed by atoms with E-state index in [2.05, 4.69) is 29.2 Å². The smallest absolute Gasteiger partial charge is 0.226 e. The van der Waals surface area contributed by atoms with E-state index in [0.29, 0.717) is 29.7 Å². The van der Waals surface area contributed by atoms with Crippen LogP contribution in [0.25, 0.3) is 0 Å². The number of methoxy groups -OCH3 is 2. The number of Topliss-reactive ketones (excluding diaryl/α,β-unsaturated/α-hetero) is 1. The van der Waals surface area contributed by atoms with Crippen LogP contribution < -0.4 is 14.8 Å². The Kier molecular flexibility index (Phi) is 3.98. The summed E-state index contributed by atoms with van der Waals surface area (Å²) in [5.74, 6) is 2.74. The summed E-state index contributed by atoms with van der Waals surface area (Å²) in [7, 11) is 3.21. The van der Waals surface area contributed by atoms with Crippen molar-refractivity contribution in [2.75, 3.05) is 19.5 Å². The van der Waals surface area contributed by atoms with Gasteiger partial charge < -0.3 is 14.8 Å². The summed E-state index contributed by atoms with van der Waals surface area (Å²) in [5.41, 5.74) is 2.54. The van der Waals surface area contributed by atoms with Crippen LogP contribution in [-0.2, 0) is 4.79 Å². The Bertz CT molecular complexity index is 958. The molecule has 0 saturated heterocycles. The van der Waals surface area contributed by atoms with Crippen molar-refractivity contribution < 1.29 is 14.3 Å². The zero-order valence-electron chi connectivity index (χ0n) is 16.3.